The molecule has 0 bridgehead atoms. The molecule has 4 aromatic heterocycles. The molecule has 16 heteroatoms. The Hall–Kier alpha value is -7.46. The molecule has 0 saturated carbocycles. The average molecular weight is 779 g/mol. The minimum Gasteiger partial charge on any atom is -0.616 e. The number of nitrogens with two attached hydrogens (primary N) is 2. The highest BCUT2D eigenvalue weighted by atomic mass is 16.2. The predicted octanol–water partition coefficient (Wildman–Crippen LogP) is 2.46. The van der Waals surface area contributed by atoms with E-state index in [1.54, 1.807) is 24.5 Å². The molecule has 3 aromatic carbocycles. The molecular formula is C42H46N14O2+2. The second-order valence-corrected chi connectivity index (χ2v) is 13.9. The lowest BCUT2D eigenvalue weighted by atomic mass is 10.1. The molecule has 0 unspecified atom stereocenters. The van der Waals surface area contributed by atoms with Crippen LogP contribution in [0.15, 0.2) is 97.3 Å². The van der Waals surface area contributed by atoms with Gasteiger partial charge < -0.3 is 41.9 Å². The van der Waals surface area contributed by atoms with Gasteiger partial charge in [-0.25, -0.2) is 29.8 Å². The number of carbonyl (C=O) groups excluding carboxylic acids is 2. The number of pyridine rings is 4. The predicted molar refractivity (Wildman–Crippen MR) is 226 cm³/mol. The van der Waals surface area contributed by atoms with Gasteiger partial charge in [-0.05, 0) is 42.8 Å². The molecule has 0 atom stereocenters. The van der Waals surface area contributed by atoms with Gasteiger partial charge in [0.1, 0.15) is 25.9 Å². The molecule has 16 nitrogen and oxygen atoms in total. The number of rotatable bonds is 14. The van der Waals surface area contributed by atoms with Crippen molar-refractivity contribution in [2.75, 3.05) is 36.8 Å². The zero-order valence-electron chi connectivity index (χ0n) is 32.3. The summed E-state index contributed by atoms with van der Waals surface area (Å²) < 4.78 is 3.85. The normalized spacial score (nSPS) is 11.1. The summed E-state index contributed by atoms with van der Waals surface area (Å²) in [6.45, 7) is 2.10. The van der Waals surface area contributed by atoms with Gasteiger partial charge >= 0.3 is 5.96 Å². The first-order valence-electron chi connectivity index (χ1n) is 18.9. The van der Waals surface area contributed by atoms with Crippen LogP contribution in [0.4, 0.5) is 22.7 Å². The van der Waals surface area contributed by atoms with Crippen LogP contribution in [0, 0.1) is 5.41 Å². The molecule has 0 radical (unpaired) electrons. The van der Waals surface area contributed by atoms with Crippen LogP contribution in [0.5, 0.6) is 0 Å². The van der Waals surface area contributed by atoms with Gasteiger partial charge in [-0.2, -0.15) is 0 Å². The minimum atomic E-state index is -0.547. The van der Waals surface area contributed by atoms with E-state index in [2.05, 4.69) is 37.6 Å². The van der Waals surface area contributed by atoms with E-state index >= 15 is 0 Å². The molecule has 0 aliphatic rings. The highest BCUT2D eigenvalue weighted by Crippen LogP contribution is 2.35. The van der Waals surface area contributed by atoms with Crippen LogP contribution in [0.2, 0.25) is 0 Å². The van der Waals surface area contributed by atoms with E-state index in [-0.39, 0.29) is 17.3 Å². The van der Waals surface area contributed by atoms with E-state index in [9.17, 15) is 9.59 Å². The van der Waals surface area contributed by atoms with Crippen LogP contribution in [0.25, 0.3) is 54.2 Å². The van der Waals surface area contributed by atoms with Crippen LogP contribution >= 0.6 is 0 Å². The third-order valence-corrected chi connectivity index (χ3v) is 9.56. The van der Waals surface area contributed by atoms with Crippen LogP contribution in [-0.4, -0.2) is 59.9 Å². The highest BCUT2D eigenvalue weighted by molar-refractivity contribution is 6.17. The van der Waals surface area contributed by atoms with Crippen LogP contribution in [0.1, 0.15) is 33.8 Å². The lowest BCUT2D eigenvalue weighted by Crippen LogP contribution is -2.76. The number of anilines is 2. The number of nitrogens with zero attached hydrogens (tertiary/aromatic N) is 6. The molecule has 2 amide bonds. The fourth-order valence-electron chi connectivity index (χ4n) is 6.84. The Morgan fingerprint density at radius 2 is 1.16 bits per heavy atom. The minimum absolute atomic E-state index is 0.0923. The van der Waals surface area contributed by atoms with Gasteiger partial charge in [-0.15, -0.1) is 0 Å². The van der Waals surface area contributed by atoms with Gasteiger partial charge in [0.25, 0.3) is 0 Å². The molecule has 0 saturated heterocycles. The van der Waals surface area contributed by atoms with Crippen molar-refractivity contribution in [2.24, 2.45) is 19.8 Å². The van der Waals surface area contributed by atoms with Gasteiger partial charge in [-0.1, -0.05) is 47.8 Å². The van der Waals surface area contributed by atoms with Crippen molar-refractivity contribution in [2.45, 2.75) is 12.8 Å². The molecular weight excluding hydrogens is 733 g/mol. The Labute approximate surface area is 334 Å². The SMILES string of the molecule is C[n+]1cc([N-]C(=O)c2cc(NCCCNC(=N)N)c3ccc4c(NCCCNC(=[NH2+])[NH3+])cc(C(=O)[N-]c5cc6ccccc6[n+](C)c5)nc4c3n2)cc2ccccc21. The topological polar surface area (TPSA) is 247 Å². The van der Waals surface area contributed by atoms with Crippen LogP contribution < -0.4 is 47.3 Å². The third kappa shape index (κ3) is 8.82. The summed E-state index contributed by atoms with van der Waals surface area (Å²) in [5.41, 5.74) is 14.4. The van der Waals surface area contributed by atoms with Crippen molar-refractivity contribution < 1.29 is 29.9 Å². The summed E-state index contributed by atoms with van der Waals surface area (Å²) in [6, 6.07) is 26.7. The zero-order valence-corrected chi connectivity index (χ0v) is 32.3. The van der Waals surface area contributed by atoms with Crippen LogP contribution in [0.3, 0.4) is 0 Å². The van der Waals surface area contributed by atoms with E-state index in [1.807, 2.05) is 96.0 Å². The van der Waals surface area contributed by atoms with E-state index in [1.165, 1.54) is 0 Å². The molecule has 0 spiro atoms. The molecule has 0 fully saturated rings. The zero-order chi connectivity index (χ0) is 40.8. The summed E-state index contributed by atoms with van der Waals surface area (Å²) >= 11 is 0. The fraction of sp³-hybridized carbons (Fsp3) is 0.190. The monoisotopic (exact) mass is 778 g/mol. The van der Waals surface area contributed by atoms with E-state index in [0.29, 0.717) is 89.5 Å². The number of nitrogens with one attached hydrogen (secondary N) is 5. The number of hydrogen-bond acceptors (Lipinski definition) is 7. The Bertz CT molecular complexity index is 2550. The Balaban J connectivity index is 1.31. The molecule has 4 heterocycles. The molecule has 294 valence electrons. The third-order valence-electron chi connectivity index (χ3n) is 9.56. The molecule has 7 aromatic rings. The van der Waals surface area contributed by atoms with Gasteiger partial charge in [0.05, 0.1) is 29.0 Å². The number of para-hydroxylation sites is 2. The number of benzene rings is 3. The first kappa shape index (κ1) is 38.8. The Morgan fingerprint density at radius 1 is 0.707 bits per heavy atom. The number of guanidine groups is 2. The number of quaternary nitrogens is 1. The highest BCUT2D eigenvalue weighted by Gasteiger charge is 2.17. The lowest BCUT2D eigenvalue weighted by Gasteiger charge is -2.22. The van der Waals surface area contributed by atoms with Crippen molar-refractivity contribution in [1.29, 1.82) is 5.41 Å². The van der Waals surface area contributed by atoms with E-state index < -0.39 is 11.8 Å². The van der Waals surface area contributed by atoms with Gasteiger partial charge in [0, 0.05) is 71.1 Å². The van der Waals surface area contributed by atoms with Crippen molar-refractivity contribution in [3.8, 4) is 0 Å². The maximum atomic E-state index is 14.0. The maximum Gasteiger partial charge on any atom is 0.434 e. The maximum absolute atomic E-state index is 14.0. The first-order chi connectivity index (χ1) is 28.0. The number of hydrogen-bond donors (Lipinski definition) is 8. The number of fused-ring (bicyclic) bond motifs is 5. The van der Waals surface area contributed by atoms with E-state index in [0.717, 1.165) is 21.8 Å². The number of amides is 2. The first-order valence-corrected chi connectivity index (χ1v) is 18.9. The number of carbonyl (C=O) groups is 2. The fourth-order valence-corrected chi connectivity index (χ4v) is 6.84. The quantitative estimate of drug-likeness (QED) is 0.0265. The van der Waals surface area contributed by atoms with Gasteiger partial charge in [0.15, 0.2) is 18.4 Å². The van der Waals surface area contributed by atoms with Crippen molar-refractivity contribution in [3.05, 3.63) is 119 Å². The smallest absolute Gasteiger partial charge is 0.434 e. The van der Waals surface area contributed by atoms with Crippen molar-refractivity contribution in [1.82, 2.24) is 20.6 Å². The molecule has 12 N–H and O–H groups in total. The molecule has 0 aliphatic carbocycles. The Kier molecular flexibility index (Phi) is 11.5. The molecule has 58 heavy (non-hydrogen) atoms. The largest absolute Gasteiger partial charge is 0.616 e. The van der Waals surface area contributed by atoms with Crippen LogP contribution in [-0.2, 0) is 14.1 Å². The Morgan fingerprint density at radius 3 is 1.60 bits per heavy atom. The number of aryl methyl sites for hydroxylation is 2. The second kappa shape index (κ2) is 17.1. The molecule has 0 aliphatic heterocycles. The van der Waals surface area contributed by atoms with Crippen molar-refractivity contribution in [3.63, 3.8) is 0 Å². The summed E-state index contributed by atoms with van der Waals surface area (Å²) in [7, 11) is 3.81. The summed E-state index contributed by atoms with van der Waals surface area (Å²) in [6.07, 6.45) is 4.93. The second-order valence-electron chi connectivity index (χ2n) is 13.9. The van der Waals surface area contributed by atoms with Gasteiger partial charge in [-0.3, -0.25) is 11.1 Å². The van der Waals surface area contributed by atoms with Crippen molar-refractivity contribution >= 4 is 90.1 Å². The summed E-state index contributed by atoms with van der Waals surface area (Å²) in [4.78, 5) is 37.8. The summed E-state index contributed by atoms with van der Waals surface area (Å²) in [5, 5.41) is 38.2. The summed E-state index contributed by atoms with van der Waals surface area (Å²) in [5.74, 6) is -0.814. The lowest BCUT2D eigenvalue weighted by molar-refractivity contribution is -0.644. The average Bonchev–Trinajstić information content (AvgIpc) is 3.20. The van der Waals surface area contributed by atoms with E-state index in [4.69, 9.17) is 26.5 Å². The number of aromatic nitrogens is 4. The standard InChI is InChI=1S/C42H44N14O2/c1-55-23-27(19-25-9-3-5-11-35(25)55)51-39(57)33-21-31(47-15-7-17-49-41(43)44)29-13-14-30-32(48-16-8-18-50-42(45)46)22-34(54-38(30)37(29)53-33)40(58)52-28-20-26-10-4-6-12-36(26)56(2)24-28/h3-6,9-14,19-24H,7-8,15-18H2,1-2H3,(H10-2,43,44,45,46,47,48,49,50,51,52,53,54,57,58)/p+2. The molecule has 7 rings (SSSR count). The van der Waals surface area contributed by atoms with Gasteiger partial charge in [0.2, 0.25) is 11.0 Å².